The maximum Gasteiger partial charge on any atom is 0.307 e. The number of H-pyrrole nitrogens is 1. The molecule has 0 aliphatic carbocycles. The van der Waals surface area contributed by atoms with E-state index in [0.717, 1.165) is 11.2 Å². The molecule has 1 aromatic heterocycles. The minimum Gasteiger partial charge on any atom is -0.469 e. The number of aromatic amines is 1. The van der Waals surface area contributed by atoms with E-state index in [4.69, 9.17) is 4.74 Å². The van der Waals surface area contributed by atoms with Gasteiger partial charge >= 0.3 is 5.97 Å². The number of nitrogens with zero attached hydrogens (tertiary/aromatic N) is 1. The first-order valence-corrected chi connectivity index (χ1v) is 6.35. The van der Waals surface area contributed by atoms with Crippen LogP contribution in [-0.4, -0.2) is 37.1 Å². The largest absolute Gasteiger partial charge is 0.469 e. The third kappa shape index (κ3) is 2.63. The van der Waals surface area contributed by atoms with E-state index in [2.05, 4.69) is 22.0 Å². The van der Waals surface area contributed by atoms with Gasteiger partial charge in [0.15, 0.2) is 0 Å². The van der Waals surface area contributed by atoms with Gasteiger partial charge in [0.05, 0.1) is 13.5 Å². The van der Waals surface area contributed by atoms with Crippen molar-refractivity contribution in [2.45, 2.75) is 19.4 Å². The van der Waals surface area contributed by atoms with Crippen LogP contribution < -0.4 is 0 Å². The zero-order chi connectivity index (χ0) is 14.0. The summed E-state index contributed by atoms with van der Waals surface area (Å²) in [6.07, 6.45) is 0.353. The molecule has 0 spiro atoms. The molecule has 0 radical (unpaired) electrons. The Morgan fingerprint density at radius 1 is 1.37 bits per heavy atom. The molecular weight excluding hydrogens is 240 g/mol. The van der Waals surface area contributed by atoms with Crippen LogP contribution in [0.2, 0.25) is 0 Å². The average molecular weight is 260 g/mol. The molecule has 1 aromatic carbocycles. The minimum atomic E-state index is -0.191. The molecule has 4 nitrogen and oxygen atoms in total. The first kappa shape index (κ1) is 13.6. The molecule has 0 aliphatic rings. The number of hydrogen-bond donors (Lipinski definition) is 1. The average Bonchev–Trinajstić information content (AvgIpc) is 2.71. The van der Waals surface area contributed by atoms with Crippen LogP contribution in [0.1, 0.15) is 23.7 Å². The number of para-hydroxylation sites is 1. The molecule has 1 heterocycles. The Balaban J connectivity index is 2.49. The molecule has 0 fully saturated rings. The van der Waals surface area contributed by atoms with Gasteiger partial charge in [-0.1, -0.05) is 18.2 Å². The lowest BCUT2D eigenvalue weighted by Gasteiger charge is -2.24. The fourth-order valence-electron chi connectivity index (χ4n) is 2.51. The van der Waals surface area contributed by atoms with Gasteiger partial charge in [-0.2, -0.15) is 0 Å². The molecule has 1 atom stereocenters. The summed E-state index contributed by atoms with van der Waals surface area (Å²) < 4.78 is 4.81. The number of ether oxygens (including phenoxy) is 1. The van der Waals surface area contributed by atoms with Crippen LogP contribution >= 0.6 is 0 Å². The van der Waals surface area contributed by atoms with E-state index in [-0.39, 0.29) is 12.0 Å². The van der Waals surface area contributed by atoms with Gasteiger partial charge in [-0.25, -0.2) is 0 Å². The Morgan fingerprint density at radius 3 is 2.68 bits per heavy atom. The molecular formula is C15H20N2O2. The van der Waals surface area contributed by atoms with E-state index < -0.39 is 0 Å². The summed E-state index contributed by atoms with van der Waals surface area (Å²) in [5, 5.41) is 1.17. The second kappa shape index (κ2) is 5.45. The lowest BCUT2D eigenvalue weighted by atomic mass is 9.99. The highest BCUT2D eigenvalue weighted by molar-refractivity contribution is 5.85. The van der Waals surface area contributed by atoms with Gasteiger partial charge in [0.25, 0.3) is 0 Å². The molecule has 4 heteroatoms. The Kier molecular flexibility index (Phi) is 3.90. The minimum absolute atomic E-state index is 0.0172. The fourth-order valence-corrected chi connectivity index (χ4v) is 2.51. The Hall–Kier alpha value is -1.81. The predicted octanol–water partition coefficient (Wildman–Crippen LogP) is 2.64. The number of aryl methyl sites for hydroxylation is 1. The van der Waals surface area contributed by atoms with Gasteiger partial charge in [-0.15, -0.1) is 0 Å². The van der Waals surface area contributed by atoms with Crippen molar-refractivity contribution in [3.63, 3.8) is 0 Å². The molecule has 0 amide bonds. The van der Waals surface area contributed by atoms with E-state index in [0.29, 0.717) is 6.42 Å². The summed E-state index contributed by atoms with van der Waals surface area (Å²) in [6, 6.07) is 8.18. The zero-order valence-electron chi connectivity index (χ0n) is 11.9. The summed E-state index contributed by atoms with van der Waals surface area (Å²) in [7, 11) is 5.39. The molecule has 102 valence electrons. The number of aromatic nitrogens is 1. The first-order valence-electron chi connectivity index (χ1n) is 6.35. The quantitative estimate of drug-likeness (QED) is 0.860. The van der Waals surface area contributed by atoms with Gasteiger partial charge in [-0.3, -0.25) is 4.79 Å². The summed E-state index contributed by atoms with van der Waals surface area (Å²) in [4.78, 5) is 17.0. The van der Waals surface area contributed by atoms with E-state index in [1.165, 1.54) is 18.1 Å². The van der Waals surface area contributed by atoms with Crippen molar-refractivity contribution in [3.8, 4) is 0 Å². The van der Waals surface area contributed by atoms with E-state index in [9.17, 15) is 4.79 Å². The number of methoxy groups -OCH3 is 1. The molecule has 0 aliphatic heterocycles. The third-order valence-electron chi connectivity index (χ3n) is 3.49. The topological polar surface area (TPSA) is 45.3 Å². The van der Waals surface area contributed by atoms with Crippen LogP contribution in [0.4, 0.5) is 0 Å². The Labute approximate surface area is 113 Å². The van der Waals surface area contributed by atoms with Gasteiger partial charge in [-0.05, 0) is 32.6 Å². The Morgan fingerprint density at radius 2 is 2.05 bits per heavy atom. The smallest absolute Gasteiger partial charge is 0.307 e. The summed E-state index contributed by atoms with van der Waals surface area (Å²) in [6.45, 7) is 2.04. The molecule has 0 saturated carbocycles. The number of esters is 1. The van der Waals surface area contributed by atoms with Crippen molar-refractivity contribution in [2.75, 3.05) is 21.2 Å². The number of carbonyl (C=O) groups is 1. The van der Waals surface area contributed by atoms with E-state index in [1.54, 1.807) is 0 Å². The number of nitrogens with one attached hydrogen (secondary N) is 1. The van der Waals surface area contributed by atoms with E-state index in [1.807, 2.05) is 33.2 Å². The van der Waals surface area contributed by atoms with Crippen LogP contribution in [0, 0.1) is 6.92 Å². The Bertz CT molecular complexity index is 587. The monoisotopic (exact) mass is 260 g/mol. The van der Waals surface area contributed by atoms with Crippen molar-refractivity contribution in [1.29, 1.82) is 0 Å². The lowest BCUT2D eigenvalue weighted by Crippen LogP contribution is -2.23. The van der Waals surface area contributed by atoms with E-state index >= 15 is 0 Å². The van der Waals surface area contributed by atoms with Crippen molar-refractivity contribution >= 4 is 16.9 Å². The molecule has 2 rings (SSSR count). The molecule has 2 aromatic rings. The number of carbonyl (C=O) groups excluding carboxylic acids is 1. The van der Waals surface area contributed by atoms with Crippen molar-refractivity contribution < 1.29 is 9.53 Å². The van der Waals surface area contributed by atoms with Crippen molar-refractivity contribution in [3.05, 3.63) is 35.5 Å². The van der Waals surface area contributed by atoms with Crippen LogP contribution in [-0.2, 0) is 9.53 Å². The van der Waals surface area contributed by atoms with Gasteiger partial charge in [0.2, 0.25) is 0 Å². The van der Waals surface area contributed by atoms with Gasteiger partial charge < -0.3 is 14.6 Å². The highest BCUT2D eigenvalue weighted by Gasteiger charge is 2.23. The van der Waals surface area contributed by atoms with Crippen LogP contribution in [0.3, 0.4) is 0 Å². The number of fused-ring (bicyclic) bond motifs is 1. The summed E-state index contributed by atoms with van der Waals surface area (Å²) >= 11 is 0. The van der Waals surface area contributed by atoms with Crippen LogP contribution in [0.25, 0.3) is 10.9 Å². The summed E-state index contributed by atoms with van der Waals surface area (Å²) in [5.41, 5.74) is 3.38. The second-order valence-corrected chi connectivity index (χ2v) is 4.97. The normalized spacial score (nSPS) is 12.9. The van der Waals surface area contributed by atoms with Crippen LogP contribution in [0.15, 0.2) is 24.3 Å². The molecule has 19 heavy (non-hydrogen) atoms. The number of rotatable bonds is 4. The molecule has 1 N–H and O–H groups in total. The zero-order valence-corrected chi connectivity index (χ0v) is 11.9. The van der Waals surface area contributed by atoms with Gasteiger partial charge in [0, 0.05) is 22.6 Å². The lowest BCUT2D eigenvalue weighted by molar-refractivity contribution is -0.141. The number of hydrogen-bond acceptors (Lipinski definition) is 3. The van der Waals surface area contributed by atoms with Crippen molar-refractivity contribution in [2.24, 2.45) is 0 Å². The van der Waals surface area contributed by atoms with Gasteiger partial charge in [0.1, 0.15) is 0 Å². The molecule has 1 unspecified atom stereocenters. The highest BCUT2D eigenvalue weighted by atomic mass is 16.5. The first-order chi connectivity index (χ1) is 9.04. The third-order valence-corrected chi connectivity index (χ3v) is 3.49. The molecule has 0 saturated heterocycles. The van der Waals surface area contributed by atoms with Crippen LogP contribution in [0.5, 0.6) is 0 Å². The predicted molar refractivity (Wildman–Crippen MR) is 76.1 cm³/mol. The summed E-state index contributed by atoms with van der Waals surface area (Å²) in [5.74, 6) is -0.191. The number of benzene rings is 1. The standard InChI is InChI=1S/C15H20N2O2/c1-10-15(11-7-5-6-8-12(11)16-10)13(17(2)3)9-14(18)19-4/h5-8,13,16H,9H2,1-4H3. The van der Waals surface area contributed by atoms with Crippen molar-refractivity contribution in [1.82, 2.24) is 9.88 Å². The maximum atomic E-state index is 11.6. The highest BCUT2D eigenvalue weighted by Crippen LogP contribution is 2.32. The SMILES string of the molecule is COC(=O)CC(c1c(C)[nH]c2ccccc12)N(C)C. The maximum absolute atomic E-state index is 11.6. The molecule has 0 bridgehead atoms. The fraction of sp³-hybridized carbons (Fsp3) is 0.400. The second-order valence-electron chi connectivity index (χ2n) is 4.97.